The molecule has 0 aliphatic carbocycles. The molecule has 1 aliphatic heterocycles. The van der Waals surface area contributed by atoms with Gasteiger partial charge in [-0.1, -0.05) is 33.8 Å². The Morgan fingerprint density at radius 1 is 1.00 bits per heavy atom. The molecule has 0 bridgehead atoms. The largest absolute Gasteiger partial charge is 0.127 e. The molecule has 0 amide bonds. The molecule has 0 fully saturated rings. The zero-order valence-corrected chi connectivity index (χ0v) is 9.38. The minimum Gasteiger partial charge on any atom is -0.127 e. The van der Waals surface area contributed by atoms with Crippen molar-refractivity contribution in [3.05, 3.63) is 11.5 Å². The van der Waals surface area contributed by atoms with Crippen LogP contribution < -0.4 is 0 Å². The van der Waals surface area contributed by atoms with Gasteiger partial charge >= 0.3 is 0 Å². The molecule has 1 heterocycles. The van der Waals surface area contributed by atoms with Crippen LogP contribution in [-0.4, -0.2) is 4.75 Å². The van der Waals surface area contributed by atoms with Gasteiger partial charge in [0.25, 0.3) is 0 Å². The van der Waals surface area contributed by atoms with Crippen LogP contribution in [0.5, 0.6) is 0 Å². The van der Waals surface area contributed by atoms with E-state index in [0.29, 0.717) is 10.2 Å². The molecule has 0 spiro atoms. The molecule has 0 saturated carbocycles. The summed E-state index contributed by atoms with van der Waals surface area (Å²) in [7, 11) is 0. The first kappa shape index (κ1) is 11.1. The van der Waals surface area contributed by atoms with Crippen LogP contribution in [0.2, 0.25) is 0 Å². The van der Waals surface area contributed by atoms with Gasteiger partial charge in [0, 0.05) is 4.75 Å². The van der Waals surface area contributed by atoms with E-state index in [1.165, 1.54) is 0 Å². The van der Waals surface area contributed by atoms with E-state index in [9.17, 15) is 0 Å². The third kappa shape index (κ3) is 2.26. The standard InChI is InChI=1S/C8H14S.C2H6/c1-7(2)5-6-9-8(7,3)4;1-2/h5-6H,1-4H3;1-2H3. The predicted octanol–water partition coefficient (Wildman–Crippen LogP) is 4.08. The van der Waals surface area contributed by atoms with Gasteiger partial charge < -0.3 is 0 Å². The molecule has 1 heteroatoms. The van der Waals surface area contributed by atoms with Crippen molar-refractivity contribution in [2.24, 2.45) is 5.41 Å². The van der Waals surface area contributed by atoms with Gasteiger partial charge in [-0.2, -0.15) is 0 Å². The predicted molar refractivity (Wildman–Crippen MR) is 55.9 cm³/mol. The van der Waals surface area contributed by atoms with Crippen LogP contribution in [0, 0.1) is 5.41 Å². The van der Waals surface area contributed by atoms with Gasteiger partial charge in [-0.05, 0) is 24.7 Å². The Morgan fingerprint density at radius 2 is 1.45 bits per heavy atom. The molecule has 0 unspecified atom stereocenters. The lowest BCUT2D eigenvalue weighted by molar-refractivity contribution is 0.381. The first-order valence-electron chi connectivity index (χ1n) is 4.31. The molecule has 0 aromatic heterocycles. The highest BCUT2D eigenvalue weighted by Crippen LogP contribution is 2.48. The van der Waals surface area contributed by atoms with Crippen LogP contribution in [0.25, 0.3) is 0 Å². The third-order valence-corrected chi connectivity index (χ3v) is 3.79. The van der Waals surface area contributed by atoms with E-state index < -0.39 is 0 Å². The number of rotatable bonds is 0. The Balaban J connectivity index is 0.000000461. The molecule has 1 aliphatic rings. The molecule has 0 aromatic rings. The quantitative estimate of drug-likeness (QED) is 0.530. The minimum atomic E-state index is 0.373. The normalized spacial score (nSPS) is 24.2. The molecular formula is C10H20S. The molecule has 11 heavy (non-hydrogen) atoms. The summed E-state index contributed by atoms with van der Waals surface area (Å²) in [6, 6.07) is 0. The molecule has 0 aromatic carbocycles. The summed E-state index contributed by atoms with van der Waals surface area (Å²) in [5.74, 6) is 0. The van der Waals surface area contributed by atoms with Crippen molar-refractivity contribution in [1.29, 1.82) is 0 Å². The highest BCUT2D eigenvalue weighted by Gasteiger charge is 2.38. The maximum absolute atomic E-state index is 2.29. The van der Waals surface area contributed by atoms with E-state index in [0.717, 1.165) is 0 Å². The SMILES string of the molecule is CC.CC1(C)C=CSC1(C)C. The van der Waals surface area contributed by atoms with Gasteiger partial charge in [-0.25, -0.2) is 0 Å². The van der Waals surface area contributed by atoms with Crippen LogP contribution in [0.3, 0.4) is 0 Å². The monoisotopic (exact) mass is 172 g/mol. The van der Waals surface area contributed by atoms with Crippen molar-refractivity contribution in [2.45, 2.75) is 46.3 Å². The second-order valence-corrected chi connectivity index (χ2v) is 5.18. The van der Waals surface area contributed by atoms with Gasteiger partial charge in [-0.3, -0.25) is 0 Å². The van der Waals surface area contributed by atoms with Crippen molar-refractivity contribution in [3.8, 4) is 0 Å². The fourth-order valence-corrected chi connectivity index (χ4v) is 1.85. The van der Waals surface area contributed by atoms with Crippen molar-refractivity contribution >= 4 is 11.8 Å². The molecule has 0 saturated heterocycles. The highest BCUT2D eigenvalue weighted by molar-refractivity contribution is 8.03. The number of allylic oxidation sites excluding steroid dienone is 1. The maximum Gasteiger partial charge on any atom is 0.0230 e. The van der Waals surface area contributed by atoms with Gasteiger partial charge in [0.2, 0.25) is 0 Å². The summed E-state index contributed by atoms with van der Waals surface area (Å²) in [5, 5.41) is 2.21. The lowest BCUT2D eigenvalue weighted by Crippen LogP contribution is -2.30. The van der Waals surface area contributed by atoms with Crippen molar-refractivity contribution < 1.29 is 0 Å². The minimum absolute atomic E-state index is 0.373. The van der Waals surface area contributed by atoms with Gasteiger partial charge in [-0.15, -0.1) is 11.8 Å². The first-order valence-corrected chi connectivity index (χ1v) is 5.19. The maximum atomic E-state index is 2.29. The fraction of sp³-hybridized carbons (Fsp3) is 0.800. The lowest BCUT2D eigenvalue weighted by Gasteiger charge is -2.32. The zero-order valence-electron chi connectivity index (χ0n) is 8.56. The topological polar surface area (TPSA) is 0 Å². The van der Waals surface area contributed by atoms with Gasteiger partial charge in [0.1, 0.15) is 0 Å². The average molecular weight is 172 g/mol. The molecule has 66 valence electrons. The van der Waals surface area contributed by atoms with Crippen molar-refractivity contribution in [3.63, 3.8) is 0 Å². The Kier molecular flexibility index (Phi) is 3.69. The van der Waals surface area contributed by atoms with Crippen LogP contribution in [-0.2, 0) is 0 Å². The molecule has 0 N–H and O–H groups in total. The summed E-state index contributed by atoms with van der Waals surface area (Å²) in [6.07, 6.45) is 2.29. The van der Waals surface area contributed by atoms with E-state index in [1.807, 2.05) is 25.6 Å². The average Bonchev–Trinajstić information content (AvgIpc) is 2.12. The third-order valence-electron chi connectivity index (χ3n) is 2.40. The Bertz CT molecular complexity index is 143. The van der Waals surface area contributed by atoms with E-state index in [1.54, 1.807) is 0 Å². The molecule has 0 nitrogen and oxygen atoms in total. The summed E-state index contributed by atoms with van der Waals surface area (Å²) >= 11 is 1.93. The van der Waals surface area contributed by atoms with E-state index in [-0.39, 0.29) is 0 Å². The van der Waals surface area contributed by atoms with E-state index in [4.69, 9.17) is 0 Å². The molecule has 0 atom stereocenters. The second kappa shape index (κ2) is 3.66. The van der Waals surface area contributed by atoms with Gasteiger partial charge in [0.15, 0.2) is 0 Å². The van der Waals surface area contributed by atoms with Crippen molar-refractivity contribution in [2.75, 3.05) is 0 Å². The summed E-state index contributed by atoms with van der Waals surface area (Å²) in [6.45, 7) is 13.1. The van der Waals surface area contributed by atoms with Crippen LogP contribution >= 0.6 is 11.8 Å². The smallest absolute Gasteiger partial charge is 0.0230 e. The Labute approximate surface area is 75.5 Å². The molecular weight excluding hydrogens is 152 g/mol. The second-order valence-electron chi connectivity index (χ2n) is 3.65. The van der Waals surface area contributed by atoms with Gasteiger partial charge in [0.05, 0.1) is 0 Å². The number of hydrogen-bond acceptors (Lipinski definition) is 1. The van der Waals surface area contributed by atoms with E-state index >= 15 is 0 Å². The molecule has 0 radical (unpaired) electrons. The Hall–Kier alpha value is 0.0900. The van der Waals surface area contributed by atoms with Crippen LogP contribution in [0.4, 0.5) is 0 Å². The Morgan fingerprint density at radius 3 is 1.55 bits per heavy atom. The van der Waals surface area contributed by atoms with Crippen LogP contribution in [0.1, 0.15) is 41.5 Å². The zero-order chi connectivity index (χ0) is 9.12. The fourth-order valence-electron chi connectivity index (χ4n) is 0.727. The van der Waals surface area contributed by atoms with Crippen molar-refractivity contribution in [1.82, 2.24) is 0 Å². The first-order chi connectivity index (χ1) is 4.96. The van der Waals surface area contributed by atoms with E-state index in [2.05, 4.69) is 39.2 Å². The summed E-state index contributed by atoms with van der Waals surface area (Å²) < 4.78 is 0.396. The number of thioether (sulfide) groups is 1. The number of hydrogen-bond donors (Lipinski definition) is 0. The lowest BCUT2D eigenvalue weighted by atomic mass is 9.81. The van der Waals surface area contributed by atoms with Crippen LogP contribution in [0.15, 0.2) is 11.5 Å². The summed E-state index contributed by atoms with van der Waals surface area (Å²) in [5.41, 5.74) is 0.373. The highest BCUT2D eigenvalue weighted by atomic mass is 32.2. The summed E-state index contributed by atoms with van der Waals surface area (Å²) in [4.78, 5) is 0. The molecule has 1 rings (SSSR count).